The standard InChI is InChI=1S/C14H19N3O2/c1-8-6-16-7-11(8)14(19)17-12-5-3-4-10(9(12)2)13(15)18/h3-5,8,11,16H,6-7H2,1-2H3,(H2,15,18)(H,17,19)/t8-,11-/m1/s1. The Labute approximate surface area is 112 Å². The summed E-state index contributed by atoms with van der Waals surface area (Å²) in [6, 6.07) is 5.17. The number of nitrogens with two attached hydrogens (primary N) is 1. The zero-order valence-corrected chi connectivity index (χ0v) is 11.2. The Kier molecular flexibility index (Phi) is 3.85. The highest BCUT2D eigenvalue weighted by atomic mass is 16.2. The Morgan fingerprint density at radius 3 is 2.68 bits per heavy atom. The summed E-state index contributed by atoms with van der Waals surface area (Å²) >= 11 is 0. The molecule has 1 fully saturated rings. The third-order valence-corrected chi connectivity index (χ3v) is 3.71. The molecule has 0 radical (unpaired) electrons. The highest BCUT2D eigenvalue weighted by Crippen LogP contribution is 2.22. The lowest BCUT2D eigenvalue weighted by Gasteiger charge is -2.16. The zero-order chi connectivity index (χ0) is 14.0. The SMILES string of the molecule is Cc1c(NC(=O)[C@@H]2CNC[C@H]2C)cccc1C(N)=O. The fourth-order valence-electron chi connectivity index (χ4n) is 2.42. The molecule has 1 saturated heterocycles. The Bertz CT molecular complexity index is 513. The number of carbonyl (C=O) groups excluding carboxylic acids is 2. The highest BCUT2D eigenvalue weighted by molar-refractivity contribution is 5.99. The van der Waals surface area contributed by atoms with Gasteiger partial charge in [-0.15, -0.1) is 0 Å². The van der Waals surface area contributed by atoms with Gasteiger partial charge in [-0.05, 0) is 37.1 Å². The number of carbonyl (C=O) groups is 2. The molecule has 102 valence electrons. The Morgan fingerprint density at radius 2 is 2.11 bits per heavy atom. The molecular weight excluding hydrogens is 242 g/mol. The van der Waals surface area contributed by atoms with Crippen LogP contribution in [0.4, 0.5) is 5.69 Å². The van der Waals surface area contributed by atoms with Gasteiger partial charge in [-0.25, -0.2) is 0 Å². The molecule has 2 atom stereocenters. The van der Waals surface area contributed by atoms with Crippen molar-refractivity contribution < 1.29 is 9.59 Å². The van der Waals surface area contributed by atoms with Gasteiger partial charge < -0.3 is 16.4 Å². The molecule has 2 amide bonds. The first kappa shape index (κ1) is 13.5. The van der Waals surface area contributed by atoms with Gasteiger partial charge in [0.2, 0.25) is 11.8 Å². The third-order valence-electron chi connectivity index (χ3n) is 3.71. The Hall–Kier alpha value is -1.88. The van der Waals surface area contributed by atoms with Gasteiger partial charge in [0, 0.05) is 17.8 Å². The molecule has 1 aromatic carbocycles. The molecule has 0 unspecified atom stereocenters. The summed E-state index contributed by atoms with van der Waals surface area (Å²) in [5, 5.41) is 6.09. The van der Waals surface area contributed by atoms with E-state index >= 15 is 0 Å². The van der Waals surface area contributed by atoms with Crippen molar-refractivity contribution in [2.24, 2.45) is 17.6 Å². The molecule has 19 heavy (non-hydrogen) atoms. The molecule has 5 nitrogen and oxygen atoms in total. The van der Waals surface area contributed by atoms with E-state index in [2.05, 4.69) is 17.6 Å². The van der Waals surface area contributed by atoms with E-state index in [1.165, 1.54) is 0 Å². The molecular formula is C14H19N3O2. The smallest absolute Gasteiger partial charge is 0.249 e. The molecule has 0 bridgehead atoms. The minimum atomic E-state index is -0.482. The van der Waals surface area contributed by atoms with Crippen molar-refractivity contribution in [3.8, 4) is 0 Å². The number of anilines is 1. The summed E-state index contributed by atoms with van der Waals surface area (Å²) in [5.74, 6) is -0.206. The van der Waals surface area contributed by atoms with Crippen LogP contribution in [0.3, 0.4) is 0 Å². The summed E-state index contributed by atoms with van der Waals surface area (Å²) in [6.07, 6.45) is 0. The van der Waals surface area contributed by atoms with Gasteiger partial charge in [0.15, 0.2) is 0 Å². The number of benzene rings is 1. The number of hydrogen-bond donors (Lipinski definition) is 3. The van der Waals surface area contributed by atoms with Gasteiger partial charge in [0.25, 0.3) is 0 Å². The lowest BCUT2D eigenvalue weighted by molar-refractivity contribution is -0.120. The predicted molar refractivity (Wildman–Crippen MR) is 73.9 cm³/mol. The van der Waals surface area contributed by atoms with Gasteiger partial charge in [0.05, 0.1) is 5.92 Å². The van der Waals surface area contributed by atoms with E-state index in [1.807, 2.05) is 0 Å². The predicted octanol–water partition coefficient (Wildman–Crippen LogP) is 0.888. The second-order valence-corrected chi connectivity index (χ2v) is 5.07. The molecule has 0 spiro atoms. The average Bonchev–Trinajstić information content (AvgIpc) is 2.77. The van der Waals surface area contributed by atoms with Crippen LogP contribution in [0.15, 0.2) is 18.2 Å². The largest absolute Gasteiger partial charge is 0.366 e. The lowest BCUT2D eigenvalue weighted by Crippen LogP contribution is -2.28. The van der Waals surface area contributed by atoms with Crippen molar-refractivity contribution in [2.45, 2.75) is 13.8 Å². The van der Waals surface area contributed by atoms with E-state index in [9.17, 15) is 9.59 Å². The van der Waals surface area contributed by atoms with Crippen LogP contribution in [0, 0.1) is 18.8 Å². The number of nitrogens with one attached hydrogen (secondary N) is 2. The second-order valence-electron chi connectivity index (χ2n) is 5.07. The van der Waals surface area contributed by atoms with Crippen molar-refractivity contribution in [3.05, 3.63) is 29.3 Å². The van der Waals surface area contributed by atoms with Crippen LogP contribution >= 0.6 is 0 Å². The first-order chi connectivity index (χ1) is 9.00. The summed E-state index contributed by atoms with van der Waals surface area (Å²) in [7, 11) is 0. The van der Waals surface area contributed by atoms with E-state index in [1.54, 1.807) is 25.1 Å². The van der Waals surface area contributed by atoms with Gasteiger partial charge in [-0.3, -0.25) is 9.59 Å². The molecule has 5 heteroatoms. The van der Waals surface area contributed by atoms with Crippen LogP contribution in [0.1, 0.15) is 22.8 Å². The van der Waals surface area contributed by atoms with Gasteiger partial charge in [-0.2, -0.15) is 0 Å². The van der Waals surface area contributed by atoms with Crippen molar-refractivity contribution in [1.82, 2.24) is 5.32 Å². The number of rotatable bonds is 3. The maximum absolute atomic E-state index is 12.2. The summed E-state index contributed by atoms with van der Waals surface area (Å²) in [6.45, 7) is 5.39. The molecule has 1 aromatic rings. The molecule has 0 saturated carbocycles. The van der Waals surface area contributed by atoms with Crippen LogP contribution < -0.4 is 16.4 Å². The quantitative estimate of drug-likeness (QED) is 0.755. The number of primary amides is 1. The van der Waals surface area contributed by atoms with Crippen LogP contribution in [-0.2, 0) is 4.79 Å². The van der Waals surface area contributed by atoms with Crippen molar-refractivity contribution in [3.63, 3.8) is 0 Å². The van der Waals surface area contributed by atoms with E-state index in [0.29, 0.717) is 29.3 Å². The van der Waals surface area contributed by atoms with Crippen molar-refractivity contribution >= 4 is 17.5 Å². The molecule has 2 rings (SSSR count). The maximum Gasteiger partial charge on any atom is 0.249 e. The third kappa shape index (κ3) is 2.76. The van der Waals surface area contributed by atoms with E-state index in [0.717, 1.165) is 6.54 Å². The number of hydrogen-bond acceptors (Lipinski definition) is 3. The van der Waals surface area contributed by atoms with Crippen LogP contribution in [0.25, 0.3) is 0 Å². The van der Waals surface area contributed by atoms with Gasteiger partial charge in [-0.1, -0.05) is 13.0 Å². The van der Waals surface area contributed by atoms with E-state index in [4.69, 9.17) is 5.73 Å². The molecule has 1 aliphatic rings. The normalized spacial score (nSPS) is 22.2. The Balaban J connectivity index is 2.17. The van der Waals surface area contributed by atoms with Crippen molar-refractivity contribution in [1.29, 1.82) is 0 Å². The van der Waals surface area contributed by atoms with Crippen LogP contribution in [-0.4, -0.2) is 24.9 Å². The summed E-state index contributed by atoms with van der Waals surface area (Å²) < 4.78 is 0. The summed E-state index contributed by atoms with van der Waals surface area (Å²) in [5.41, 5.74) is 7.10. The summed E-state index contributed by atoms with van der Waals surface area (Å²) in [4.78, 5) is 23.5. The van der Waals surface area contributed by atoms with Gasteiger partial charge in [0.1, 0.15) is 0 Å². The Morgan fingerprint density at radius 1 is 1.37 bits per heavy atom. The maximum atomic E-state index is 12.2. The first-order valence-electron chi connectivity index (χ1n) is 6.41. The van der Waals surface area contributed by atoms with E-state index < -0.39 is 5.91 Å². The topological polar surface area (TPSA) is 84.2 Å². The minimum Gasteiger partial charge on any atom is -0.366 e. The van der Waals surface area contributed by atoms with Crippen LogP contribution in [0.5, 0.6) is 0 Å². The van der Waals surface area contributed by atoms with E-state index in [-0.39, 0.29) is 11.8 Å². The lowest BCUT2D eigenvalue weighted by atomic mass is 9.97. The minimum absolute atomic E-state index is 0.0118. The van der Waals surface area contributed by atoms with Gasteiger partial charge >= 0.3 is 0 Å². The zero-order valence-electron chi connectivity index (χ0n) is 11.2. The fraction of sp³-hybridized carbons (Fsp3) is 0.429. The molecule has 4 N–H and O–H groups in total. The molecule has 1 heterocycles. The van der Waals surface area contributed by atoms with Crippen LogP contribution in [0.2, 0.25) is 0 Å². The van der Waals surface area contributed by atoms with Crippen molar-refractivity contribution in [2.75, 3.05) is 18.4 Å². The molecule has 0 aromatic heterocycles. The second kappa shape index (κ2) is 5.40. The molecule has 0 aliphatic carbocycles. The average molecular weight is 261 g/mol. The fourth-order valence-corrected chi connectivity index (χ4v) is 2.42. The molecule has 1 aliphatic heterocycles. The monoisotopic (exact) mass is 261 g/mol. The first-order valence-corrected chi connectivity index (χ1v) is 6.41. The highest BCUT2D eigenvalue weighted by Gasteiger charge is 2.29. The number of amides is 2.